The van der Waals surface area contributed by atoms with E-state index < -0.39 is 47.9 Å². The summed E-state index contributed by atoms with van der Waals surface area (Å²) < 4.78 is 0. The monoisotopic (exact) mass is 540 g/mol. The molecule has 1 aromatic carbocycles. The molecule has 39 heavy (non-hydrogen) atoms. The van der Waals surface area contributed by atoms with E-state index in [-0.39, 0.29) is 19.3 Å². The van der Waals surface area contributed by atoms with Gasteiger partial charge in [0.05, 0.1) is 12.4 Å². The van der Waals surface area contributed by atoms with E-state index in [1.54, 1.807) is 6.20 Å². The highest BCUT2D eigenvalue weighted by molar-refractivity contribution is 5.95. The predicted molar refractivity (Wildman–Crippen MR) is 144 cm³/mol. The van der Waals surface area contributed by atoms with Crippen molar-refractivity contribution in [1.29, 1.82) is 0 Å². The lowest BCUT2D eigenvalue weighted by molar-refractivity contribution is -0.142. The van der Waals surface area contributed by atoms with Gasteiger partial charge in [-0.2, -0.15) is 0 Å². The van der Waals surface area contributed by atoms with Gasteiger partial charge in [-0.15, -0.1) is 0 Å². The van der Waals surface area contributed by atoms with Gasteiger partial charge in [0.15, 0.2) is 0 Å². The summed E-state index contributed by atoms with van der Waals surface area (Å²) in [5.41, 5.74) is 13.4. The highest BCUT2D eigenvalue weighted by Gasteiger charge is 2.31. The zero-order chi connectivity index (χ0) is 28.4. The Morgan fingerprint density at radius 2 is 1.62 bits per heavy atom. The van der Waals surface area contributed by atoms with Gasteiger partial charge in [0.2, 0.25) is 17.7 Å². The van der Waals surface area contributed by atoms with Crippen LogP contribution in [-0.2, 0) is 32.0 Å². The van der Waals surface area contributed by atoms with Crippen LogP contribution in [0.5, 0.6) is 0 Å². The number of aromatic amines is 2. The van der Waals surface area contributed by atoms with Crippen LogP contribution in [0, 0.1) is 0 Å². The maximum absolute atomic E-state index is 13.5. The molecular weight excluding hydrogens is 504 g/mol. The van der Waals surface area contributed by atoms with Crippen molar-refractivity contribution in [2.24, 2.45) is 11.5 Å². The van der Waals surface area contributed by atoms with Crippen LogP contribution < -0.4 is 27.4 Å². The minimum absolute atomic E-state index is 0.0216. The minimum atomic E-state index is -1.19. The maximum Gasteiger partial charge on any atom is 0.326 e. The molecule has 13 heteroatoms. The second-order valence-electron chi connectivity index (χ2n) is 9.44. The molecule has 0 bridgehead atoms. The minimum Gasteiger partial charge on any atom is -0.480 e. The number of fused-ring (bicyclic) bond motifs is 1. The molecule has 0 aliphatic rings. The molecule has 0 saturated heterocycles. The number of amides is 3. The highest BCUT2D eigenvalue weighted by Crippen LogP contribution is 2.19. The van der Waals surface area contributed by atoms with Gasteiger partial charge in [-0.3, -0.25) is 14.4 Å². The van der Waals surface area contributed by atoms with E-state index >= 15 is 0 Å². The standard InChI is InChI=1S/C26H36N8O5/c1-15(28)23(35)33-21(10-16-12-30-19-7-3-2-6-18(16)19)24(36)34-22(11-17-13-29-14-31-17)25(37)32-20(26(38)39)8-4-5-9-27/h2-3,6-7,12-15,20-22,30H,4-5,8-11,27-28H2,1H3,(H,29,31)(H,32,37)(H,33,35)(H,34,36)(H,38,39). The molecule has 2 aromatic heterocycles. The van der Waals surface area contributed by atoms with Gasteiger partial charge >= 0.3 is 5.97 Å². The summed E-state index contributed by atoms with van der Waals surface area (Å²) in [6, 6.07) is 3.32. The fraction of sp³-hybridized carbons (Fsp3) is 0.423. The number of carboxylic acids is 1. The van der Waals surface area contributed by atoms with Crippen molar-refractivity contribution in [2.75, 3.05) is 6.54 Å². The molecule has 0 aliphatic carbocycles. The largest absolute Gasteiger partial charge is 0.480 e. The van der Waals surface area contributed by atoms with E-state index in [0.29, 0.717) is 25.1 Å². The van der Waals surface area contributed by atoms with Crippen molar-refractivity contribution < 1.29 is 24.3 Å². The van der Waals surface area contributed by atoms with Crippen molar-refractivity contribution in [3.63, 3.8) is 0 Å². The van der Waals surface area contributed by atoms with Gasteiger partial charge in [0.1, 0.15) is 18.1 Å². The van der Waals surface area contributed by atoms with E-state index in [9.17, 15) is 24.3 Å². The fourth-order valence-electron chi connectivity index (χ4n) is 4.15. The SMILES string of the molecule is CC(N)C(=O)NC(Cc1c[nH]c2ccccc12)C(=O)NC(Cc1cnc[nH]1)C(=O)NC(CCCCN)C(=O)O. The molecule has 0 saturated carbocycles. The Bertz CT molecular complexity index is 1260. The molecule has 0 fully saturated rings. The lowest BCUT2D eigenvalue weighted by Crippen LogP contribution is -2.58. The number of hydrogen-bond acceptors (Lipinski definition) is 7. The number of nitrogens with two attached hydrogens (primary N) is 2. The Morgan fingerprint density at radius 1 is 0.949 bits per heavy atom. The Hall–Kier alpha value is -4.23. The Balaban J connectivity index is 1.82. The van der Waals surface area contributed by atoms with E-state index in [4.69, 9.17) is 11.5 Å². The third-order valence-corrected chi connectivity index (χ3v) is 6.32. The number of rotatable bonds is 15. The number of carboxylic acid groups (broad SMARTS) is 1. The molecule has 3 aromatic rings. The first-order valence-electron chi connectivity index (χ1n) is 12.8. The van der Waals surface area contributed by atoms with Crippen molar-refractivity contribution >= 4 is 34.6 Å². The van der Waals surface area contributed by atoms with E-state index in [2.05, 4.69) is 30.9 Å². The lowest BCUT2D eigenvalue weighted by atomic mass is 10.0. The number of nitrogens with one attached hydrogen (secondary N) is 5. The third-order valence-electron chi connectivity index (χ3n) is 6.32. The van der Waals surface area contributed by atoms with Gasteiger partial charge in [-0.25, -0.2) is 9.78 Å². The van der Waals surface area contributed by atoms with E-state index in [1.165, 1.54) is 19.4 Å². The number of carbonyl (C=O) groups is 4. The topological polar surface area (TPSA) is 221 Å². The number of aliphatic carboxylic acids is 1. The number of benzene rings is 1. The number of nitrogens with zero attached hydrogens (tertiary/aromatic N) is 1. The summed E-state index contributed by atoms with van der Waals surface area (Å²) in [5, 5.41) is 18.4. The van der Waals surface area contributed by atoms with Crippen LogP contribution in [0.25, 0.3) is 10.9 Å². The molecule has 13 nitrogen and oxygen atoms in total. The zero-order valence-corrected chi connectivity index (χ0v) is 21.8. The summed E-state index contributed by atoms with van der Waals surface area (Å²) >= 11 is 0. The first-order valence-corrected chi connectivity index (χ1v) is 12.8. The molecule has 4 atom stereocenters. The number of para-hydroxylation sites is 1. The molecular formula is C26H36N8O5. The van der Waals surface area contributed by atoms with Crippen LogP contribution >= 0.6 is 0 Å². The van der Waals surface area contributed by atoms with Crippen molar-refractivity contribution in [3.05, 3.63) is 54.2 Å². The lowest BCUT2D eigenvalue weighted by Gasteiger charge is -2.25. The quantitative estimate of drug-likeness (QED) is 0.119. The van der Waals surface area contributed by atoms with Gasteiger partial charge in [0, 0.05) is 41.8 Å². The summed E-state index contributed by atoms with van der Waals surface area (Å²) in [4.78, 5) is 61.0. The Kier molecular flexibility index (Phi) is 10.6. The second-order valence-corrected chi connectivity index (χ2v) is 9.44. The van der Waals surface area contributed by atoms with Crippen LogP contribution in [0.1, 0.15) is 37.4 Å². The van der Waals surface area contributed by atoms with Crippen molar-refractivity contribution in [1.82, 2.24) is 30.9 Å². The Morgan fingerprint density at radius 3 is 2.26 bits per heavy atom. The van der Waals surface area contributed by atoms with Crippen molar-refractivity contribution in [3.8, 4) is 0 Å². The smallest absolute Gasteiger partial charge is 0.326 e. The number of aromatic nitrogens is 3. The second kappa shape index (κ2) is 14.1. The maximum atomic E-state index is 13.5. The first kappa shape index (κ1) is 29.3. The summed E-state index contributed by atoms with van der Waals surface area (Å²) in [5.74, 6) is -3.02. The van der Waals surface area contributed by atoms with Crippen LogP contribution in [0.2, 0.25) is 0 Å². The summed E-state index contributed by atoms with van der Waals surface area (Å²) in [6.45, 7) is 1.91. The molecule has 10 N–H and O–H groups in total. The number of hydrogen-bond donors (Lipinski definition) is 8. The normalized spacial score (nSPS) is 14.2. The van der Waals surface area contributed by atoms with Crippen LogP contribution in [0.4, 0.5) is 0 Å². The molecule has 0 radical (unpaired) electrons. The van der Waals surface area contributed by atoms with Crippen LogP contribution in [0.3, 0.4) is 0 Å². The third kappa shape index (κ3) is 8.38. The fourth-order valence-corrected chi connectivity index (χ4v) is 4.15. The van der Waals surface area contributed by atoms with Crippen LogP contribution in [0.15, 0.2) is 43.0 Å². The van der Waals surface area contributed by atoms with Gasteiger partial charge in [0.25, 0.3) is 0 Å². The zero-order valence-electron chi connectivity index (χ0n) is 21.8. The highest BCUT2D eigenvalue weighted by atomic mass is 16.4. The van der Waals surface area contributed by atoms with Crippen molar-refractivity contribution in [2.45, 2.75) is 63.2 Å². The summed E-state index contributed by atoms with van der Waals surface area (Å²) in [7, 11) is 0. The van der Waals surface area contributed by atoms with Gasteiger partial charge in [-0.1, -0.05) is 18.2 Å². The average Bonchev–Trinajstić information content (AvgIpc) is 3.57. The molecule has 0 spiro atoms. The van der Waals surface area contributed by atoms with E-state index in [0.717, 1.165) is 16.5 Å². The molecule has 0 aliphatic heterocycles. The number of imidazole rings is 1. The molecule has 2 heterocycles. The van der Waals surface area contributed by atoms with Gasteiger partial charge < -0.3 is 42.5 Å². The van der Waals surface area contributed by atoms with E-state index in [1.807, 2.05) is 24.3 Å². The number of H-pyrrole nitrogens is 2. The predicted octanol–water partition coefficient (Wildman–Crippen LogP) is -0.309. The first-order chi connectivity index (χ1) is 18.7. The molecule has 4 unspecified atom stereocenters. The molecule has 210 valence electrons. The Labute approximate surface area is 225 Å². The summed E-state index contributed by atoms with van der Waals surface area (Å²) in [6.07, 6.45) is 6.17. The number of carbonyl (C=O) groups excluding carboxylic acids is 3. The average molecular weight is 541 g/mol. The number of unbranched alkanes of at least 4 members (excludes halogenated alkanes) is 1. The molecule has 3 amide bonds. The van der Waals surface area contributed by atoms with Crippen LogP contribution in [-0.4, -0.2) is 74.5 Å². The molecule has 3 rings (SSSR count). The van der Waals surface area contributed by atoms with Gasteiger partial charge in [-0.05, 0) is 44.4 Å².